The van der Waals surface area contributed by atoms with E-state index >= 15 is 0 Å². The predicted octanol–water partition coefficient (Wildman–Crippen LogP) is 7.76. The molecule has 9 heteroatoms. The molecule has 0 radical (unpaired) electrons. The third-order valence-electron chi connectivity index (χ3n) is 5.59. The number of aromatic carboxylic acids is 1. The zero-order valence-electron chi connectivity index (χ0n) is 18.9. The van der Waals surface area contributed by atoms with Gasteiger partial charge >= 0.3 is 5.97 Å². The second-order valence-corrected chi connectivity index (χ2v) is 9.25. The molecular weight excluding hydrogens is 540 g/mol. The summed E-state index contributed by atoms with van der Waals surface area (Å²) < 4.78 is 13.9. The fraction of sp³-hybridized carbons (Fsp3) is 0.0357. The first kappa shape index (κ1) is 26.4. The fourth-order valence-corrected chi connectivity index (χ4v) is 4.30. The normalized spacial score (nSPS) is 11.6. The molecule has 5 nitrogen and oxygen atoms in total. The molecule has 1 N–H and O–H groups in total. The van der Waals surface area contributed by atoms with Crippen LogP contribution in [0.1, 0.15) is 42.7 Å². The Morgan fingerprint density at radius 3 is 1.76 bits per heavy atom. The summed E-state index contributed by atoms with van der Waals surface area (Å²) in [5.74, 6) is -2.88. The van der Waals surface area contributed by atoms with Gasteiger partial charge < -0.3 is 5.11 Å². The van der Waals surface area contributed by atoms with Crippen molar-refractivity contribution in [1.29, 1.82) is 0 Å². The maximum absolute atomic E-state index is 14.0. The summed E-state index contributed by atoms with van der Waals surface area (Å²) in [6.45, 7) is 0. The van der Waals surface area contributed by atoms with Crippen molar-refractivity contribution in [3.8, 4) is 0 Å². The molecule has 186 valence electrons. The van der Waals surface area contributed by atoms with Crippen LogP contribution in [0.4, 0.5) is 10.1 Å². The van der Waals surface area contributed by atoms with Crippen molar-refractivity contribution < 1.29 is 23.9 Å². The van der Waals surface area contributed by atoms with Gasteiger partial charge in [-0.2, -0.15) is 0 Å². The number of Topliss-reactive ketones (excluding diaryl/α,β-unsaturated/α-hetero) is 1. The van der Waals surface area contributed by atoms with Gasteiger partial charge in [0.05, 0.1) is 5.56 Å². The summed E-state index contributed by atoms with van der Waals surface area (Å²) >= 11 is 18.5. The third-order valence-corrected chi connectivity index (χ3v) is 6.43. The molecule has 0 aliphatic heterocycles. The van der Waals surface area contributed by atoms with Gasteiger partial charge in [0.2, 0.25) is 0 Å². The maximum Gasteiger partial charge on any atom is 0.335 e. The molecule has 0 aliphatic carbocycles. The number of benzene rings is 4. The first-order valence-electron chi connectivity index (χ1n) is 10.8. The van der Waals surface area contributed by atoms with Crippen LogP contribution in [0.25, 0.3) is 0 Å². The van der Waals surface area contributed by atoms with E-state index in [-0.39, 0.29) is 27.3 Å². The molecule has 0 aromatic heterocycles. The average Bonchev–Trinajstić information content (AvgIpc) is 2.88. The van der Waals surface area contributed by atoms with Crippen LogP contribution in [-0.4, -0.2) is 22.8 Å². The topological polar surface area (TPSA) is 74.7 Å². The second kappa shape index (κ2) is 11.1. The van der Waals surface area contributed by atoms with E-state index in [2.05, 4.69) is 0 Å². The van der Waals surface area contributed by atoms with Crippen molar-refractivity contribution in [2.45, 2.75) is 6.04 Å². The number of carbonyl (C=O) groups excluding carboxylic acids is 2. The van der Waals surface area contributed by atoms with E-state index in [4.69, 9.17) is 34.8 Å². The lowest BCUT2D eigenvalue weighted by Crippen LogP contribution is -2.39. The largest absolute Gasteiger partial charge is 0.478 e. The van der Waals surface area contributed by atoms with Gasteiger partial charge in [-0.05, 0) is 84.9 Å². The number of carbonyl (C=O) groups is 3. The number of ketones is 1. The zero-order valence-corrected chi connectivity index (χ0v) is 21.1. The van der Waals surface area contributed by atoms with Crippen LogP contribution in [0.15, 0.2) is 91.0 Å². The van der Waals surface area contributed by atoms with Gasteiger partial charge in [-0.15, -0.1) is 0 Å². The van der Waals surface area contributed by atoms with Crippen LogP contribution in [0.3, 0.4) is 0 Å². The Kier molecular flexibility index (Phi) is 7.93. The molecule has 0 fully saturated rings. The second-order valence-electron chi connectivity index (χ2n) is 7.97. The summed E-state index contributed by atoms with van der Waals surface area (Å²) in [7, 11) is 0. The first-order chi connectivity index (χ1) is 17.7. The third kappa shape index (κ3) is 5.83. The monoisotopic (exact) mass is 555 g/mol. The standard InChI is InChI=1S/C28H17Cl3FNO4/c29-19-7-5-16(6-8-19)26(34)25(23-14-11-21(32)15-24(23)31)33(22-12-9-20(30)10-13-22)27(35)17-1-3-18(4-2-17)28(36)37/h1-15,25H,(H,36,37). The molecule has 1 atom stereocenters. The van der Waals surface area contributed by atoms with Crippen molar-refractivity contribution in [2.75, 3.05) is 4.90 Å². The predicted molar refractivity (Wildman–Crippen MR) is 142 cm³/mol. The Labute approximate surface area is 226 Å². The van der Waals surface area contributed by atoms with Gasteiger partial charge in [0.1, 0.15) is 11.9 Å². The average molecular weight is 557 g/mol. The lowest BCUT2D eigenvalue weighted by molar-refractivity contribution is 0.0696. The highest BCUT2D eigenvalue weighted by atomic mass is 35.5. The van der Waals surface area contributed by atoms with Gasteiger partial charge in [-0.3, -0.25) is 14.5 Å². The highest BCUT2D eigenvalue weighted by Gasteiger charge is 2.35. The van der Waals surface area contributed by atoms with Gasteiger partial charge in [0.25, 0.3) is 5.91 Å². The number of nitrogens with zero attached hydrogens (tertiary/aromatic N) is 1. The number of halogens is 4. The van der Waals surface area contributed by atoms with Crippen LogP contribution in [0.2, 0.25) is 15.1 Å². The van der Waals surface area contributed by atoms with E-state index in [0.29, 0.717) is 15.7 Å². The van der Waals surface area contributed by atoms with Crippen molar-refractivity contribution >= 4 is 58.1 Å². The summed E-state index contributed by atoms with van der Waals surface area (Å²) in [4.78, 5) is 40.4. The summed E-state index contributed by atoms with van der Waals surface area (Å²) in [5, 5.41) is 9.99. The molecule has 37 heavy (non-hydrogen) atoms. The van der Waals surface area contributed by atoms with Crippen LogP contribution in [-0.2, 0) is 0 Å². The van der Waals surface area contributed by atoms with Crippen LogP contribution in [0, 0.1) is 5.82 Å². The Balaban J connectivity index is 1.93. The number of carboxylic acid groups (broad SMARTS) is 1. The molecule has 0 saturated carbocycles. The molecule has 4 aromatic rings. The number of anilines is 1. The molecule has 4 aromatic carbocycles. The maximum atomic E-state index is 14.0. The molecule has 0 bridgehead atoms. The highest BCUT2D eigenvalue weighted by molar-refractivity contribution is 6.32. The Hall–Kier alpha value is -3.71. The molecule has 0 aliphatic rings. The van der Waals surface area contributed by atoms with Crippen LogP contribution >= 0.6 is 34.8 Å². The van der Waals surface area contributed by atoms with E-state index in [0.717, 1.165) is 12.1 Å². The van der Waals surface area contributed by atoms with Gasteiger partial charge in [-0.1, -0.05) is 40.9 Å². The Morgan fingerprint density at radius 2 is 1.22 bits per heavy atom. The highest BCUT2D eigenvalue weighted by Crippen LogP contribution is 2.36. The molecule has 4 rings (SSSR count). The Morgan fingerprint density at radius 1 is 0.703 bits per heavy atom. The minimum absolute atomic E-state index is 0.00929. The number of rotatable bonds is 7. The van der Waals surface area contributed by atoms with E-state index in [1.807, 2.05) is 0 Å². The number of hydrogen-bond donors (Lipinski definition) is 1. The van der Waals surface area contributed by atoms with Crippen molar-refractivity contribution in [2.24, 2.45) is 0 Å². The first-order valence-corrected chi connectivity index (χ1v) is 12.0. The molecular formula is C28H17Cl3FNO4. The lowest BCUT2D eigenvalue weighted by Gasteiger charge is -2.32. The van der Waals surface area contributed by atoms with Crippen molar-refractivity contribution in [3.63, 3.8) is 0 Å². The molecule has 0 spiro atoms. The minimum Gasteiger partial charge on any atom is -0.478 e. The number of carboxylic acids is 1. The SMILES string of the molecule is O=C(O)c1ccc(C(=O)N(c2ccc(Cl)cc2)C(C(=O)c2ccc(Cl)cc2)c2ccc(F)cc2Cl)cc1. The van der Waals surface area contributed by atoms with Gasteiger partial charge in [-0.25, -0.2) is 9.18 Å². The number of amides is 1. The zero-order chi connectivity index (χ0) is 26.7. The van der Waals surface area contributed by atoms with Gasteiger partial charge in [0, 0.05) is 37.4 Å². The van der Waals surface area contributed by atoms with E-state index < -0.39 is 29.5 Å². The summed E-state index contributed by atoms with van der Waals surface area (Å²) in [6.07, 6.45) is 0. The molecule has 0 heterocycles. The molecule has 1 unspecified atom stereocenters. The number of hydrogen-bond acceptors (Lipinski definition) is 3. The van der Waals surface area contributed by atoms with E-state index in [1.54, 1.807) is 24.3 Å². The smallest absolute Gasteiger partial charge is 0.335 e. The van der Waals surface area contributed by atoms with Crippen molar-refractivity contribution in [1.82, 2.24) is 0 Å². The van der Waals surface area contributed by atoms with Crippen LogP contribution in [0.5, 0.6) is 0 Å². The molecule has 1 amide bonds. The fourth-order valence-electron chi connectivity index (χ4n) is 3.77. The van der Waals surface area contributed by atoms with E-state index in [9.17, 15) is 23.9 Å². The summed E-state index contributed by atoms with van der Waals surface area (Å²) in [5.41, 5.74) is 0.845. The molecule has 0 saturated heterocycles. The van der Waals surface area contributed by atoms with Gasteiger partial charge in [0.15, 0.2) is 5.78 Å². The van der Waals surface area contributed by atoms with E-state index in [1.165, 1.54) is 59.5 Å². The van der Waals surface area contributed by atoms with Crippen molar-refractivity contribution in [3.05, 3.63) is 134 Å². The quantitative estimate of drug-likeness (QED) is 0.236. The van der Waals surface area contributed by atoms with Crippen LogP contribution < -0.4 is 4.90 Å². The minimum atomic E-state index is -1.32. The Bertz CT molecular complexity index is 1470. The lowest BCUT2D eigenvalue weighted by atomic mass is 9.94. The summed E-state index contributed by atoms with van der Waals surface area (Å²) in [6, 6.07) is 19.9.